The van der Waals surface area contributed by atoms with E-state index in [1.54, 1.807) is 32.9 Å². The van der Waals surface area contributed by atoms with Crippen LogP contribution in [0, 0.1) is 19.8 Å². The molecule has 2 aromatic carbocycles. The van der Waals surface area contributed by atoms with Crippen molar-refractivity contribution in [1.29, 1.82) is 0 Å². The number of nitrogens with two attached hydrogens (primary N) is 1. The number of carbonyl (C=O) groups is 4. The fraction of sp³-hybridized carbons (Fsp3) is 0.467. The van der Waals surface area contributed by atoms with Crippen molar-refractivity contribution in [3.63, 3.8) is 0 Å². The maximum absolute atomic E-state index is 14.2. The number of carbonyl (C=O) groups excluding carboxylic acids is 4. The molecule has 2 aromatic rings. The minimum atomic E-state index is -1.16. The van der Waals surface area contributed by atoms with E-state index in [0.717, 1.165) is 11.1 Å². The second kappa shape index (κ2) is 12.4. The molecule has 5 N–H and O–H groups in total. The van der Waals surface area contributed by atoms with E-state index in [-0.39, 0.29) is 30.6 Å². The Kier molecular flexibility index (Phi) is 9.44. The number of phenols is 1. The zero-order valence-corrected chi connectivity index (χ0v) is 24.0. The van der Waals surface area contributed by atoms with E-state index in [1.165, 1.54) is 17.0 Å². The maximum atomic E-state index is 14.2. The van der Waals surface area contributed by atoms with Crippen LogP contribution in [0.3, 0.4) is 0 Å². The molecule has 0 aromatic heterocycles. The summed E-state index contributed by atoms with van der Waals surface area (Å²) in [5, 5.41) is 15.5. The van der Waals surface area contributed by atoms with Gasteiger partial charge >= 0.3 is 6.09 Å². The van der Waals surface area contributed by atoms with Gasteiger partial charge in [-0.05, 0) is 82.2 Å². The zero-order valence-electron chi connectivity index (χ0n) is 24.0. The Labute approximate surface area is 235 Å². The monoisotopic (exact) mass is 552 g/mol. The lowest BCUT2D eigenvalue weighted by Gasteiger charge is -2.35. The number of phenolic OH excluding ortho intramolecular Hbond substituents is 1. The average Bonchev–Trinajstić information content (AvgIpc) is 3.57. The molecule has 1 fully saturated rings. The third-order valence-electron chi connectivity index (χ3n) is 6.81. The second-order valence-corrected chi connectivity index (χ2v) is 11.5. The van der Waals surface area contributed by atoms with Gasteiger partial charge in [-0.15, -0.1) is 0 Å². The highest BCUT2D eigenvalue weighted by atomic mass is 16.6. The van der Waals surface area contributed by atoms with Crippen molar-refractivity contribution in [1.82, 2.24) is 10.2 Å². The van der Waals surface area contributed by atoms with Gasteiger partial charge in [-0.25, -0.2) is 4.79 Å². The average molecular weight is 553 g/mol. The van der Waals surface area contributed by atoms with Crippen LogP contribution >= 0.6 is 0 Å². The second-order valence-electron chi connectivity index (χ2n) is 11.5. The Bertz CT molecular complexity index is 1230. The summed E-state index contributed by atoms with van der Waals surface area (Å²) in [4.78, 5) is 54.1. The zero-order chi connectivity index (χ0) is 29.8. The van der Waals surface area contributed by atoms with Crippen LogP contribution in [-0.2, 0) is 19.1 Å². The largest absolute Gasteiger partial charge is 0.508 e. The Hall–Kier alpha value is -4.08. The summed E-state index contributed by atoms with van der Waals surface area (Å²) in [6.45, 7) is 10.8. The van der Waals surface area contributed by atoms with Crippen LogP contribution in [-0.4, -0.2) is 51.5 Å². The van der Waals surface area contributed by atoms with Crippen LogP contribution in [0.1, 0.15) is 69.7 Å². The molecule has 40 heavy (non-hydrogen) atoms. The molecule has 10 nitrogen and oxygen atoms in total. The van der Waals surface area contributed by atoms with Gasteiger partial charge in [0.15, 0.2) is 0 Å². The number of aromatic hydroxyl groups is 1. The van der Waals surface area contributed by atoms with Gasteiger partial charge in [0.05, 0.1) is 0 Å². The normalized spacial score (nSPS) is 17.8. The number of hydrogen-bond acceptors (Lipinski definition) is 6. The first-order chi connectivity index (χ1) is 18.7. The number of alkyl carbamates (subject to hydrolysis) is 1. The van der Waals surface area contributed by atoms with Crippen molar-refractivity contribution in [2.24, 2.45) is 11.7 Å². The molecule has 216 valence electrons. The van der Waals surface area contributed by atoms with E-state index in [2.05, 4.69) is 10.6 Å². The van der Waals surface area contributed by atoms with Crippen LogP contribution in [0.15, 0.2) is 42.5 Å². The molecule has 0 saturated heterocycles. The van der Waals surface area contributed by atoms with E-state index in [1.807, 2.05) is 39.0 Å². The molecule has 4 atom stereocenters. The Morgan fingerprint density at radius 3 is 2.15 bits per heavy atom. The number of anilines is 1. The molecule has 1 saturated carbocycles. The van der Waals surface area contributed by atoms with Crippen LogP contribution < -0.4 is 16.4 Å². The third-order valence-corrected chi connectivity index (χ3v) is 6.81. The van der Waals surface area contributed by atoms with E-state index < -0.39 is 41.5 Å². The number of hydrogen-bond donors (Lipinski definition) is 4. The summed E-state index contributed by atoms with van der Waals surface area (Å²) >= 11 is 0. The van der Waals surface area contributed by atoms with E-state index >= 15 is 0 Å². The predicted molar refractivity (Wildman–Crippen MR) is 151 cm³/mol. The van der Waals surface area contributed by atoms with E-state index in [4.69, 9.17) is 10.5 Å². The molecule has 0 aliphatic heterocycles. The number of benzene rings is 2. The predicted octanol–water partition coefficient (Wildman–Crippen LogP) is 4.08. The molecule has 1 aliphatic rings. The molecule has 1 aliphatic carbocycles. The number of rotatable bonds is 10. The number of para-hydroxylation sites is 1. The van der Waals surface area contributed by atoms with Crippen LogP contribution in [0.4, 0.5) is 10.5 Å². The highest BCUT2D eigenvalue weighted by Crippen LogP contribution is 2.41. The first-order valence-corrected chi connectivity index (χ1v) is 13.4. The standard InChI is InChI=1S/C30H40N4O6/c1-17-8-7-9-18(2)25(17)33-27(37)26(20-10-12-21(35)13-11-20)34(23-16-19(23)3)28(38)22(14-15-24(31)36)32-29(39)40-30(4,5)6/h7-13,19,22-23,26,35H,14-16H2,1-6H3,(H2,31,36)(H,32,39)(H,33,37). The Morgan fingerprint density at radius 2 is 1.65 bits per heavy atom. The van der Waals surface area contributed by atoms with E-state index in [9.17, 15) is 24.3 Å². The maximum Gasteiger partial charge on any atom is 0.408 e. The quantitative estimate of drug-likeness (QED) is 0.349. The summed E-state index contributed by atoms with van der Waals surface area (Å²) in [6.07, 6.45) is -0.378. The van der Waals surface area contributed by atoms with Gasteiger partial charge in [0.2, 0.25) is 11.8 Å². The van der Waals surface area contributed by atoms with Gasteiger partial charge in [-0.3, -0.25) is 14.4 Å². The summed E-state index contributed by atoms with van der Waals surface area (Å²) in [6, 6.07) is 9.23. The first kappa shape index (κ1) is 30.5. The van der Waals surface area contributed by atoms with Crippen molar-refractivity contribution in [3.05, 3.63) is 59.2 Å². The van der Waals surface area contributed by atoms with Gasteiger partial charge in [0.25, 0.3) is 5.91 Å². The van der Waals surface area contributed by atoms with Crippen molar-refractivity contribution in [3.8, 4) is 5.75 Å². The molecule has 4 unspecified atom stereocenters. The number of aryl methyl sites for hydroxylation is 2. The van der Waals surface area contributed by atoms with Crippen LogP contribution in [0.25, 0.3) is 0 Å². The fourth-order valence-electron chi connectivity index (χ4n) is 4.64. The van der Waals surface area contributed by atoms with Crippen LogP contribution in [0.5, 0.6) is 5.75 Å². The number of amides is 4. The molecule has 4 amide bonds. The highest BCUT2D eigenvalue weighted by molar-refractivity contribution is 6.00. The van der Waals surface area contributed by atoms with Crippen molar-refractivity contribution >= 4 is 29.5 Å². The lowest BCUT2D eigenvalue weighted by molar-refractivity contribution is -0.142. The molecule has 0 radical (unpaired) electrons. The summed E-state index contributed by atoms with van der Waals surface area (Å²) in [7, 11) is 0. The number of primary amides is 1. The Balaban J connectivity index is 2.05. The lowest BCUT2D eigenvalue weighted by Crippen LogP contribution is -2.53. The third kappa shape index (κ3) is 7.97. The molecule has 0 bridgehead atoms. The molecule has 3 rings (SSSR count). The SMILES string of the molecule is Cc1cccc(C)c1NC(=O)C(c1ccc(O)cc1)N(C(=O)C(CCC(N)=O)NC(=O)OC(C)(C)C)C1CC1C. The summed E-state index contributed by atoms with van der Waals surface area (Å²) in [5.74, 6) is -1.48. The van der Waals surface area contributed by atoms with Gasteiger partial charge in [0, 0.05) is 18.2 Å². The number of nitrogens with zero attached hydrogens (tertiary/aromatic N) is 1. The molecular weight excluding hydrogens is 512 g/mol. The van der Waals surface area contributed by atoms with Crippen LogP contribution in [0.2, 0.25) is 0 Å². The van der Waals surface area contributed by atoms with Gasteiger partial charge < -0.3 is 31.1 Å². The van der Waals surface area contributed by atoms with E-state index in [0.29, 0.717) is 17.7 Å². The fourth-order valence-corrected chi connectivity index (χ4v) is 4.64. The molecule has 0 heterocycles. The number of nitrogens with one attached hydrogen (secondary N) is 2. The first-order valence-electron chi connectivity index (χ1n) is 13.4. The smallest absolute Gasteiger partial charge is 0.408 e. The number of ether oxygens (including phenoxy) is 1. The minimum Gasteiger partial charge on any atom is -0.508 e. The van der Waals surface area contributed by atoms with Crippen molar-refractivity contribution in [2.75, 3.05) is 5.32 Å². The van der Waals surface area contributed by atoms with Gasteiger partial charge in [0.1, 0.15) is 23.4 Å². The van der Waals surface area contributed by atoms with Gasteiger partial charge in [-0.1, -0.05) is 37.3 Å². The lowest BCUT2D eigenvalue weighted by atomic mass is 10.00. The van der Waals surface area contributed by atoms with Crippen molar-refractivity contribution < 1.29 is 29.0 Å². The van der Waals surface area contributed by atoms with Crippen molar-refractivity contribution in [2.45, 2.75) is 84.5 Å². The molecule has 0 spiro atoms. The summed E-state index contributed by atoms with van der Waals surface area (Å²) in [5.41, 5.74) is 7.42. The van der Waals surface area contributed by atoms with Gasteiger partial charge in [-0.2, -0.15) is 0 Å². The topological polar surface area (TPSA) is 151 Å². The summed E-state index contributed by atoms with van der Waals surface area (Å²) < 4.78 is 5.37. The molecular formula is C30H40N4O6. The highest BCUT2D eigenvalue weighted by Gasteiger charge is 2.48. The minimum absolute atomic E-state index is 0.0150. The molecule has 10 heteroatoms. The Morgan fingerprint density at radius 1 is 1.07 bits per heavy atom.